The molecule has 1 rings (SSSR count). The molecule has 0 aliphatic carbocycles. The number of nitrogen functional groups attached to an aromatic ring is 1. The van der Waals surface area contributed by atoms with Gasteiger partial charge in [-0.05, 0) is 26.8 Å². The SMILES string of the molecule is CC(C)(C)OC(=O)c1cc(N)cc([B-](F)(F)F)c1.[K+]. The molecule has 0 spiro atoms. The van der Waals surface area contributed by atoms with E-state index >= 15 is 0 Å². The Balaban J connectivity index is 0.00000324. The maximum absolute atomic E-state index is 12.6. The molecule has 0 radical (unpaired) electrons. The van der Waals surface area contributed by atoms with Crippen LogP contribution in [0.1, 0.15) is 31.1 Å². The summed E-state index contributed by atoms with van der Waals surface area (Å²) >= 11 is 0. The number of anilines is 1. The fourth-order valence-corrected chi connectivity index (χ4v) is 1.32. The van der Waals surface area contributed by atoms with Gasteiger partial charge in [-0.3, -0.25) is 0 Å². The first kappa shape index (κ1) is 19.0. The largest absolute Gasteiger partial charge is 1.00 e. The van der Waals surface area contributed by atoms with E-state index in [9.17, 15) is 17.7 Å². The van der Waals surface area contributed by atoms with Gasteiger partial charge in [0, 0.05) is 5.69 Å². The molecule has 1 aromatic carbocycles. The Bertz CT molecular complexity index is 472. The molecule has 0 unspecified atom stereocenters. The van der Waals surface area contributed by atoms with E-state index < -0.39 is 24.0 Å². The zero-order chi connectivity index (χ0) is 14.1. The zero-order valence-corrected chi connectivity index (χ0v) is 14.5. The summed E-state index contributed by atoms with van der Waals surface area (Å²) in [5.74, 6) is -0.823. The summed E-state index contributed by atoms with van der Waals surface area (Å²) in [5.41, 5.74) is 3.37. The Morgan fingerprint density at radius 3 is 2.16 bits per heavy atom. The molecule has 2 N–H and O–H groups in total. The summed E-state index contributed by atoms with van der Waals surface area (Å²) < 4.78 is 42.8. The van der Waals surface area contributed by atoms with Crippen molar-refractivity contribution in [1.29, 1.82) is 0 Å². The fourth-order valence-electron chi connectivity index (χ4n) is 1.32. The molecule has 0 aromatic heterocycles. The van der Waals surface area contributed by atoms with Gasteiger partial charge in [0.1, 0.15) is 5.60 Å². The van der Waals surface area contributed by atoms with E-state index in [4.69, 9.17) is 10.5 Å². The predicted octanol–water partition coefficient (Wildman–Crippen LogP) is -0.717. The van der Waals surface area contributed by atoms with Gasteiger partial charge in [-0.2, -0.15) is 0 Å². The van der Waals surface area contributed by atoms with E-state index in [1.54, 1.807) is 20.8 Å². The van der Waals surface area contributed by atoms with Gasteiger partial charge in [0.2, 0.25) is 0 Å². The molecule has 0 aliphatic rings. The number of benzene rings is 1. The maximum Gasteiger partial charge on any atom is 1.00 e. The second kappa shape index (κ2) is 6.62. The molecule has 100 valence electrons. The van der Waals surface area contributed by atoms with Gasteiger partial charge in [-0.25, -0.2) is 4.79 Å². The minimum absolute atomic E-state index is 0. The minimum atomic E-state index is -5.20. The third-order valence-corrected chi connectivity index (χ3v) is 1.99. The maximum atomic E-state index is 12.6. The molecule has 0 bridgehead atoms. The summed E-state index contributed by atoms with van der Waals surface area (Å²) in [5, 5.41) is 0. The third kappa shape index (κ3) is 6.31. The van der Waals surface area contributed by atoms with Crippen molar-refractivity contribution in [3.05, 3.63) is 23.8 Å². The van der Waals surface area contributed by atoms with Crippen LogP contribution in [0, 0.1) is 0 Å². The normalized spacial score (nSPS) is 11.7. The molecule has 0 fully saturated rings. The second-order valence-electron chi connectivity index (χ2n) is 4.97. The van der Waals surface area contributed by atoms with Crippen molar-refractivity contribution in [2.24, 2.45) is 0 Å². The number of ether oxygens (including phenoxy) is 1. The van der Waals surface area contributed by atoms with Crippen LogP contribution in [0.25, 0.3) is 0 Å². The fraction of sp³-hybridized carbons (Fsp3) is 0.364. The van der Waals surface area contributed by atoms with E-state index in [0.29, 0.717) is 0 Å². The Hall–Kier alpha value is -0.0187. The van der Waals surface area contributed by atoms with Gasteiger partial charge < -0.3 is 23.4 Å². The molecule has 8 heteroatoms. The smallest absolute Gasteiger partial charge is 0.456 e. The Morgan fingerprint density at radius 2 is 1.74 bits per heavy atom. The number of esters is 1. The van der Waals surface area contributed by atoms with E-state index in [1.807, 2.05) is 0 Å². The van der Waals surface area contributed by atoms with Crippen molar-refractivity contribution >= 4 is 24.1 Å². The molecule has 0 aliphatic heterocycles. The van der Waals surface area contributed by atoms with Crippen LogP contribution in [0.15, 0.2) is 18.2 Å². The van der Waals surface area contributed by atoms with Crippen molar-refractivity contribution in [1.82, 2.24) is 0 Å². The number of hydrogen-bond donors (Lipinski definition) is 1. The molecule has 0 amide bonds. The van der Waals surface area contributed by atoms with Crippen LogP contribution >= 0.6 is 0 Å². The Morgan fingerprint density at radius 1 is 1.21 bits per heavy atom. The van der Waals surface area contributed by atoms with Gasteiger partial charge in [0.25, 0.3) is 0 Å². The summed E-state index contributed by atoms with van der Waals surface area (Å²) in [7, 11) is 0. The molecule has 0 saturated carbocycles. The molecule has 0 atom stereocenters. The van der Waals surface area contributed by atoms with Crippen LogP contribution in [-0.2, 0) is 4.74 Å². The Labute approximate surface area is 152 Å². The summed E-state index contributed by atoms with van der Waals surface area (Å²) in [4.78, 5) is 11.7. The van der Waals surface area contributed by atoms with Crippen LogP contribution < -0.4 is 62.6 Å². The average Bonchev–Trinajstić information content (AvgIpc) is 2.12. The number of rotatable bonds is 2. The van der Waals surface area contributed by atoms with Crippen molar-refractivity contribution in [2.75, 3.05) is 5.73 Å². The van der Waals surface area contributed by atoms with Crippen molar-refractivity contribution in [2.45, 2.75) is 26.4 Å². The summed E-state index contributed by atoms with van der Waals surface area (Å²) in [6.45, 7) is -0.305. The number of nitrogens with two attached hydrogens (primary N) is 1. The molecule has 0 heterocycles. The number of halogens is 3. The number of carbonyl (C=O) groups excluding carboxylic acids is 1. The minimum Gasteiger partial charge on any atom is -0.456 e. The molecular formula is C11H14BF3KNO2. The summed E-state index contributed by atoms with van der Waals surface area (Å²) in [6.07, 6.45) is 0. The monoisotopic (exact) mass is 299 g/mol. The van der Waals surface area contributed by atoms with Gasteiger partial charge in [0.05, 0.1) is 5.56 Å². The van der Waals surface area contributed by atoms with Crippen LogP contribution in [-0.4, -0.2) is 18.5 Å². The van der Waals surface area contributed by atoms with Gasteiger partial charge in [-0.15, -0.1) is 5.46 Å². The molecule has 19 heavy (non-hydrogen) atoms. The van der Waals surface area contributed by atoms with E-state index in [-0.39, 0.29) is 62.6 Å². The van der Waals surface area contributed by atoms with Crippen LogP contribution in [0.3, 0.4) is 0 Å². The average molecular weight is 299 g/mol. The Kier molecular flexibility index (Phi) is 6.62. The van der Waals surface area contributed by atoms with Crippen molar-refractivity contribution in [3.63, 3.8) is 0 Å². The first-order chi connectivity index (χ1) is 7.99. The number of hydrogen-bond acceptors (Lipinski definition) is 3. The summed E-state index contributed by atoms with van der Waals surface area (Å²) in [6, 6.07) is 2.72. The van der Waals surface area contributed by atoms with Gasteiger partial charge >= 0.3 is 64.3 Å². The number of carbonyl (C=O) groups is 1. The molecule has 3 nitrogen and oxygen atoms in total. The van der Waals surface area contributed by atoms with Crippen molar-refractivity contribution < 1.29 is 73.9 Å². The molecule has 1 aromatic rings. The topological polar surface area (TPSA) is 52.3 Å². The van der Waals surface area contributed by atoms with Crippen LogP contribution in [0.5, 0.6) is 0 Å². The first-order valence-corrected chi connectivity index (χ1v) is 5.33. The first-order valence-electron chi connectivity index (χ1n) is 5.33. The van der Waals surface area contributed by atoms with E-state index in [1.165, 1.54) is 6.07 Å². The second-order valence-corrected chi connectivity index (χ2v) is 4.97. The van der Waals surface area contributed by atoms with Crippen LogP contribution in [0.4, 0.5) is 18.6 Å². The standard InChI is InChI=1S/C11H14BF3NO2.K/c1-11(2,3)18-10(17)7-4-8(12(13,14)15)6-9(16)5-7;/h4-6H,16H2,1-3H3;/q-1;+1. The van der Waals surface area contributed by atoms with Gasteiger partial charge in [-0.1, -0.05) is 12.1 Å². The quantitative estimate of drug-likeness (QED) is 0.446. The van der Waals surface area contributed by atoms with Crippen molar-refractivity contribution in [3.8, 4) is 0 Å². The van der Waals surface area contributed by atoms with E-state index in [0.717, 1.165) is 12.1 Å². The zero-order valence-electron chi connectivity index (χ0n) is 11.3. The van der Waals surface area contributed by atoms with Gasteiger partial charge in [0.15, 0.2) is 0 Å². The van der Waals surface area contributed by atoms with Crippen LogP contribution in [0.2, 0.25) is 0 Å². The predicted molar refractivity (Wildman–Crippen MR) is 64.7 cm³/mol. The third-order valence-electron chi connectivity index (χ3n) is 1.99. The molecule has 0 saturated heterocycles. The van der Waals surface area contributed by atoms with E-state index in [2.05, 4.69) is 0 Å². The molecular weight excluding hydrogens is 285 g/mol.